The molecule has 0 heterocycles. The van der Waals surface area contributed by atoms with Crippen molar-refractivity contribution < 1.29 is 0 Å². The summed E-state index contributed by atoms with van der Waals surface area (Å²) in [5, 5.41) is 3.80. The first-order valence-corrected chi connectivity index (χ1v) is 8.05. The monoisotopic (exact) mass is 254 g/mol. The van der Waals surface area contributed by atoms with Gasteiger partial charge in [-0.05, 0) is 44.7 Å². The van der Waals surface area contributed by atoms with Crippen molar-refractivity contribution in [1.29, 1.82) is 0 Å². The van der Waals surface area contributed by atoms with Gasteiger partial charge in [-0.15, -0.1) is 0 Å². The molecule has 0 aliphatic heterocycles. The van der Waals surface area contributed by atoms with Crippen molar-refractivity contribution in [2.75, 3.05) is 26.7 Å². The minimum Gasteiger partial charge on any atom is -0.312 e. The fraction of sp³-hybridized carbons (Fsp3) is 1.00. The molecule has 0 aromatic heterocycles. The summed E-state index contributed by atoms with van der Waals surface area (Å²) in [6.45, 7) is 10.5. The molecule has 2 nitrogen and oxygen atoms in total. The van der Waals surface area contributed by atoms with Crippen LogP contribution in [0.5, 0.6) is 0 Å². The van der Waals surface area contributed by atoms with Gasteiger partial charge in [-0.25, -0.2) is 0 Å². The van der Waals surface area contributed by atoms with Crippen LogP contribution in [0.25, 0.3) is 0 Å². The molecular formula is C16H34N2. The van der Waals surface area contributed by atoms with Crippen LogP contribution in [0.1, 0.15) is 59.3 Å². The van der Waals surface area contributed by atoms with E-state index in [4.69, 9.17) is 0 Å². The molecule has 18 heavy (non-hydrogen) atoms. The molecule has 0 bridgehead atoms. The molecule has 1 rings (SSSR count). The molecule has 108 valence electrons. The smallest absolute Gasteiger partial charge is 0.0223 e. The van der Waals surface area contributed by atoms with Crippen molar-refractivity contribution in [3.05, 3.63) is 0 Å². The quantitative estimate of drug-likeness (QED) is 0.713. The Bertz CT molecular complexity index is 197. The van der Waals surface area contributed by atoms with Crippen LogP contribution in [0, 0.1) is 11.8 Å². The van der Waals surface area contributed by atoms with E-state index in [-0.39, 0.29) is 0 Å². The van der Waals surface area contributed by atoms with Crippen molar-refractivity contribution in [2.24, 2.45) is 11.8 Å². The molecule has 0 saturated heterocycles. The van der Waals surface area contributed by atoms with Gasteiger partial charge in [-0.2, -0.15) is 0 Å². The van der Waals surface area contributed by atoms with E-state index in [0.717, 1.165) is 11.8 Å². The van der Waals surface area contributed by atoms with Gasteiger partial charge in [0.05, 0.1) is 0 Å². The largest absolute Gasteiger partial charge is 0.312 e. The lowest BCUT2D eigenvalue weighted by molar-refractivity contribution is 0.194. The van der Waals surface area contributed by atoms with Crippen molar-refractivity contribution in [1.82, 2.24) is 10.2 Å². The number of nitrogens with one attached hydrogen (secondary N) is 1. The van der Waals surface area contributed by atoms with E-state index in [1.807, 2.05) is 0 Å². The van der Waals surface area contributed by atoms with Gasteiger partial charge in [0, 0.05) is 19.1 Å². The van der Waals surface area contributed by atoms with Gasteiger partial charge < -0.3 is 10.2 Å². The van der Waals surface area contributed by atoms with E-state index in [1.165, 1.54) is 58.2 Å². The van der Waals surface area contributed by atoms with Crippen LogP contribution >= 0.6 is 0 Å². The van der Waals surface area contributed by atoms with E-state index in [1.54, 1.807) is 0 Å². The Balaban J connectivity index is 2.42. The normalized spacial score (nSPS) is 19.7. The Kier molecular flexibility index (Phi) is 7.92. The molecule has 1 atom stereocenters. The predicted octanol–water partition coefficient (Wildman–Crippen LogP) is 3.52. The maximum Gasteiger partial charge on any atom is 0.0223 e. The van der Waals surface area contributed by atoms with E-state index >= 15 is 0 Å². The van der Waals surface area contributed by atoms with Crippen molar-refractivity contribution in [2.45, 2.75) is 65.3 Å². The summed E-state index contributed by atoms with van der Waals surface area (Å²) >= 11 is 0. The Morgan fingerprint density at radius 1 is 1.11 bits per heavy atom. The van der Waals surface area contributed by atoms with Gasteiger partial charge in [0.15, 0.2) is 0 Å². The first-order chi connectivity index (χ1) is 8.63. The van der Waals surface area contributed by atoms with E-state index in [0.29, 0.717) is 6.04 Å². The second-order valence-electron chi connectivity index (χ2n) is 6.57. The SMILES string of the molecule is CCCNC(CN(C)CC(C)C)C1CCCCC1. The highest BCUT2D eigenvalue weighted by atomic mass is 15.1. The maximum atomic E-state index is 3.80. The fourth-order valence-electron chi connectivity index (χ4n) is 3.28. The summed E-state index contributed by atoms with van der Waals surface area (Å²) in [5.74, 6) is 1.69. The molecule has 0 amide bonds. The zero-order valence-electron chi connectivity index (χ0n) is 13.0. The lowest BCUT2D eigenvalue weighted by Crippen LogP contribution is -2.46. The molecule has 0 radical (unpaired) electrons. The number of hydrogen-bond acceptors (Lipinski definition) is 2. The molecule has 1 unspecified atom stereocenters. The van der Waals surface area contributed by atoms with E-state index in [9.17, 15) is 0 Å². The molecule has 0 aromatic rings. The summed E-state index contributed by atoms with van der Waals surface area (Å²) in [6.07, 6.45) is 8.48. The Morgan fingerprint density at radius 3 is 2.33 bits per heavy atom. The highest BCUT2D eigenvalue weighted by Crippen LogP contribution is 2.26. The summed E-state index contributed by atoms with van der Waals surface area (Å²) in [4.78, 5) is 2.52. The first kappa shape index (κ1) is 16.0. The predicted molar refractivity (Wildman–Crippen MR) is 81.0 cm³/mol. The van der Waals surface area contributed by atoms with Crippen LogP contribution < -0.4 is 5.32 Å². The highest BCUT2D eigenvalue weighted by molar-refractivity contribution is 4.81. The maximum absolute atomic E-state index is 3.80. The third kappa shape index (κ3) is 6.19. The Hall–Kier alpha value is -0.0800. The molecule has 0 aromatic carbocycles. The molecule has 2 heteroatoms. The van der Waals surface area contributed by atoms with Crippen LogP contribution in [-0.4, -0.2) is 37.6 Å². The second kappa shape index (κ2) is 8.92. The van der Waals surface area contributed by atoms with Crippen LogP contribution in [-0.2, 0) is 0 Å². The molecule has 1 aliphatic carbocycles. The number of likely N-dealkylation sites (N-methyl/N-ethyl adjacent to an activating group) is 1. The average molecular weight is 254 g/mol. The van der Waals surface area contributed by atoms with Crippen LogP contribution in [0.3, 0.4) is 0 Å². The van der Waals surface area contributed by atoms with Gasteiger partial charge in [-0.1, -0.05) is 40.0 Å². The standard InChI is InChI=1S/C16H34N2/c1-5-11-17-16(13-18(4)12-14(2)3)15-9-7-6-8-10-15/h14-17H,5-13H2,1-4H3. The Morgan fingerprint density at radius 2 is 1.78 bits per heavy atom. The van der Waals surface area contributed by atoms with Crippen molar-refractivity contribution >= 4 is 0 Å². The molecular weight excluding hydrogens is 220 g/mol. The van der Waals surface area contributed by atoms with Crippen molar-refractivity contribution in [3.8, 4) is 0 Å². The topological polar surface area (TPSA) is 15.3 Å². The lowest BCUT2D eigenvalue weighted by atomic mass is 9.83. The second-order valence-corrected chi connectivity index (χ2v) is 6.57. The molecule has 1 saturated carbocycles. The van der Waals surface area contributed by atoms with Crippen LogP contribution in [0.4, 0.5) is 0 Å². The summed E-state index contributed by atoms with van der Waals surface area (Å²) < 4.78 is 0. The van der Waals surface area contributed by atoms with Gasteiger partial charge >= 0.3 is 0 Å². The molecule has 1 aliphatic rings. The highest BCUT2D eigenvalue weighted by Gasteiger charge is 2.24. The van der Waals surface area contributed by atoms with Crippen LogP contribution in [0.2, 0.25) is 0 Å². The van der Waals surface area contributed by atoms with Crippen LogP contribution in [0.15, 0.2) is 0 Å². The third-order valence-electron chi connectivity index (χ3n) is 4.06. The van der Waals surface area contributed by atoms with E-state index < -0.39 is 0 Å². The average Bonchev–Trinajstić information content (AvgIpc) is 2.34. The fourth-order valence-corrected chi connectivity index (χ4v) is 3.28. The third-order valence-corrected chi connectivity index (χ3v) is 4.06. The van der Waals surface area contributed by atoms with Gasteiger partial charge in [0.1, 0.15) is 0 Å². The summed E-state index contributed by atoms with van der Waals surface area (Å²) in [6, 6.07) is 0.717. The molecule has 0 spiro atoms. The molecule has 1 fully saturated rings. The number of hydrogen-bond donors (Lipinski definition) is 1. The summed E-state index contributed by atoms with van der Waals surface area (Å²) in [7, 11) is 2.28. The number of rotatable bonds is 8. The lowest BCUT2D eigenvalue weighted by Gasteiger charge is -2.34. The minimum absolute atomic E-state index is 0.717. The van der Waals surface area contributed by atoms with Gasteiger partial charge in [-0.3, -0.25) is 0 Å². The summed E-state index contributed by atoms with van der Waals surface area (Å²) in [5.41, 5.74) is 0. The number of nitrogens with zero attached hydrogens (tertiary/aromatic N) is 1. The zero-order chi connectivity index (χ0) is 13.4. The van der Waals surface area contributed by atoms with E-state index in [2.05, 4.69) is 38.0 Å². The van der Waals surface area contributed by atoms with Gasteiger partial charge in [0.25, 0.3) is 0 Å². The van der Waals surface area contributed by atoms with Crippen molar-refractivity contribution in [3.63, 3.8) is 0 Å². The minimum atomic E-state index is 0.717. The Labute approximate surface area is 115 Å². The first-order valence-electron chi connectivity index (χ1n) is 8.05. The zero-order valence-corrected chi connectivity index (χ0v) is 13.0. The van der Waals surface area contributed by atoms with Gasteiger partial charge in [0.2, 0.25) is 0 Å². The molecule has 1 N–H and O–H groups in total.